The highest BCUT2D eigenvalue weighted by Gasteiger charge is 2.29. The first kappa shape index (κ1) is 14.4. The third-order valence-electron chi connectivity index (χ3n) is 3.52. The molecular formula is C17H18N2O3. The minimum absolute atomic E-state index is 0.0743. The molecule has 1 aromatic heterocycles. The number of rotatable bonds is 6. The summed E-state index contributed by atoms with van der Waals surface area (Å²) in [5.74, 6) is 1.49. The fraction of sp³-hybridized carbons (Fsp3) is 0.294. The van der Waals surface area contributed by atoms with Crippen LogP contribution in [0.25, 0.3) is 0 Å². The lowest BCUT2D eigenvalue weighted by molar-refractivity contribution is -0.117. The molecule has 0 unspecified atom stereocenters. The van der Waals surface area contributed by atoms with Crippen molar-refractivity contribution in [2.24, 2.45) is 5.92 Å². The second-order valence-electron chi connectivity index (χ2n) is 5.27. The molecule has 2 aromatic rings. The van der Waals surface area contributed by atoms with Gasteiger partial charge in [0.05, 0.1) is 7.11 Å². The number of carbonyl (C=O) groups is 1. The van der Waals surface area contributed by atoms with Gasteiger partial charge in [0.1, 0.15) is 6.61 Å². The Kier molecular flexibility index (Phi) is 4.23. The number of pyridine rings is 1. The molecule has 1 aromatic carbocycles. The summed E-state index contributed by atoms with van der Waals surface area (Å²) in [6.45, 7) is 0.416. The van der Waals surface area contributed by atoms with Crippen LogP contribution in [0.4, 0.5) is 5.69 Å². The van der Waals surface area contributed by atoms with Gasteiger partial charge in [-0.15, -0.1) is 0 Å². The number of aromatic nitrogens is 1. The van der Waals surface area contributed by atoms with Gasteiger partial charge in [-0.05, 0) is 42.7 Å². The van der Waals surface area contributed by atoms with Crippen LogP contribution >= 0.6 is 0 Å². The smallest absolute Gasteiger partial charge is 0.227 e. The number of methoxy groups -OCH3 is 1. The van der Waals surface area contributed by atoms with Gasteiger partial charge in [0.2, 0.25) is 5.91 Å². The molecule has 0 bridgehead atoms. The fourth-order valence-electron chi connectivity index (χ4n) is 2.10. The summed E-state index contributed by atoms with van der Waals surface area (Å²) in [6.07, 6.45) is 5.41. The average Bonchev–Trinajstić information content (AvgIpc) is 3.39. The molecule has 0 radical (unpaired) electrons. The van der Waals surface area contributed by atoms with Gasteiger partial charge in [0.15, 0.2) is 11.5 Å². The van der Waals surface area contributed by atoms with E-state index in [0.717, 1.165) is 24.1 Å². The maximum absolute atomic E-state index is 11.8. The van der Waals surface area contributed by atoms with E-state index in [1.165, 1.54) is 0 Å². The number of ether oxygens (including phenoxy) is 2. The van der Waals surface area contributed by atoms with E-state index in [1.54, 1.807) is 31.6 Å². The molecule has 3 rings (SSSR count). The highest BCUT2D eigenvalue weighted by molar-refractivity contribution is 5.94. The molecule has 114 valence electrons. The van der Waals surface area contributed by atoms with E-state index in [4.69, 9.17) is 9.47 Å². The number of nitrogens with zero attached hydrogens (tertiary/aromatic N) is 1. The summed E-state index contributed by atoms with van der Waals surface area (Å²) >= 11 is 0. The second kappa shape index (κ2) is 6.47. The van der Waals surface area contributed by atoms with Crippen molar-refractivity contribution in [3.63, 3.8) is 0 Å². The van der Waals surface area contributed by atoms with E-state index in [9.17, 15) is 4.79 Å². The zero-order valence-corrected chi connectivity index (χ0v) is 12.4. The Hall–Kier alpha value is -2.56. The Balaban J connectivity index is 1.71. The number of carbonyl (C=O) groups excluding carboxylic acids is 1. The molecule has 0 atom stereocenters. The van der Waals surface area contributed by atoms with Gasteiger partial charge in [-0.25, -0.2) is 0 Å². The maximum Gasteiger partial charge on any atom is 0.227 e. The minimum Gasteiger partial charge on any atom is -0.493 e. The third kappa shape index (κ3) is 3.55. The van der Waals surface area contributed by atoms with E-state index in [1.807, 2.05) is 18.2 Å². The largest absolute Gasteiger partial charge is 0.493 e. The summed E-state index contributed by atoms with van der Waals surface area (Å²) in [6, 6.07) is 9.19. The maximum atomic E-state index is 11.8. The average molecular weight is 298 g/mol. The Labute approximate surface area is 129 Å². The van der Waals surface area contributed by atoms with Crippen LogP contribution in [0.5, 0.6) is 11.5 Å². The van der Waals surface area contributed by atoms with Crippen LogP contribution < -0.4 is 14.8 Å². The molecule has 1 aliphatic rings. The van der Waals surface area contributed by atoms with Gasteiger partial charge in [0.25, 0.3) is 0 Å². The predicted molar refractivity (Wildman–Crippen MR) is 82.9 cm³/mol. The highest BCUT2D eigenvalue weighted by atomic mass is 16.5. The number of hydrogen-bond acceptors (Lipinski definition) is 4. The second-order valence-corrected chi connectivity index (χ2v) is 5.27. The zero-order valence-electron chi connectivity index (χ0n) is 12.4. The first-order valence-electron chi connectivity index (χ1n) is 7.27. The van der Waals surface area contributed by atoms with Crippen LogP contribution in [0.15, 0.2) is 42.7 Å². The molecule has 22 heavy (non-hydrogen) atoms. The van der Waals surface area contributed by atoms with Crippen LogP contribution in [0.3, 0.4) is 0 Å². The number of hydrogen-bond donors (Lipinski definition) is 1. The Morgan fingerprint density at radius 3 is 2.68 bits per heavy atom. The first-order chi connectivity index (χ1) is 10.8. The lowest BCUT2D eigenvalue weighted by atomic mass is 10.2. The van der Waals surface area contributed by atoms with E-state index in [-0.39, 0.29) is 11.8 Å². The molecule has 0 saturated heterocycles. The highest BCUT2D eigenvalue weighted by Crippen LogP contribution is 2.33. The number of amides is 1. The Morgan fingerprint density at radius 1 is 1.23 bits per heavy atom. The van der Waals surface area contributed by atoms with Crippen molar-refractivity contribution in [3.05, 3.63) is 48.3 Å². The molecule has 1 amide bonds. The van der Waals surface area contributed by atoms with Crippen LogP contribution in [-0.2, 0) is 11.4 Å². The van der Waals surface area contributed by atoms with Crippen LogP contribution in [0, 0.1) is 5.92 Å². The summed E-state index contributed by atoms with van der Waals surface area (Å²) in [7, 11) is 1.59. The standard InChI is InChI=1S/C17H18N2O3/c1-21-15-5-4-14(19-17(20)13-2-3-13)10-16(15)22-11-12-6-8-18-9-7-12/h4-10,13H,2-3,11H2,1H3,(H,19,20). The van der Waals surface area contributed by atoms with Crippen molar-refractivity contribution >= 4 is 11.6 Å². The first-order valence-corrected chi connectivity index (χ1v) is 7.27. The number of anilines is 1. The predicted octanol–water partition coefficient (Wildman–Crippen LogP) is 3.02. The summed E-state index contributed by atoms with van der Waals surface area (Å²) in [5, 5.41) is 2.91. The van der Waals surface area contributed by atoms with Crippen LogP contribution in [0.1, 0.15) is 18.4 Å². The van der Waals surface area contributed by atoms with Crippen molar-refractivity contribution in [2.75, 3.05) is 12.4 Å². The molecule has 1 saturated carbocycles. The van der Waals surface area contributed by atoms with Gasteiger partial charge >= 0.3 is 0 Å². The summed E-state index contributed by atoms with van der Waals surface area (Å²) in [4.78, 5) is 15.8. The van der Waals surface area contributed by atoms with Gasteiger partial charge in [-0.3, -0.25) is 9.78 Å². The third-order valence-corrected chi connectivity index (χ3v) is 3.52. The lowest BCUT2D eigenvalue weighted by Gasteiger charge is -2.13. The van der Waals surface area contributed by atoms with Crippen LogP contribution in [0.2, 0.25) is 0 Å². The zero-order chi connectivity index (χ0) is 15.4. The molecular weight excluding hydrogens is 280 g/mol. The van der Waals surface area contributed by atoms with Gasteiger partial charge < -0.3 is 14.8 Å². The SMILES string of the molecule is COc1ccc(NC(=O)C2CC2)cc1OCc1ccncc1. The van der Waals surface area contributed by atoms with E-state index in [2.05, 4.69) is 10.3 Å². The number of nitrogens with one attached hydrogen (secondary N) is 1. The quantitative estimate of drug-likeness (QED) is 0.890. The molecule has 1 N–H and O–H groups in total. The number of benzene rings is 1. The monoisotopic (exact) mass is 298 g/mol. The molecule has 1 fully saturated rings. The topological polar surface area (TPSA) is 60.5 Å². The lowest BCUT2D eigenvalue weighted by Crippen LogP contribution is -2.13. The summed E-state index contributed by atoms with van der Waals surface area (Å²) < 4.78 is 11.1. The van der Waals surface area contributed by atoms with Crippen LogP contribution in [-0.4, -0.2) is 18.0 Å². The van der Waals surface area contributed by atoms with Gasteiger partial charge in [0, 0.05) is 30.1 Å². The fourth-order valence-corrected chi connectivity index (χ4v) is 2.10. The molecule has 1 heterocycles. The van der Waals surface area contributed by atoms with E-state index >= 15 is 0 Å². The van der Waals surface area contributed by atoms with Crippen molar-refractivity contribution in [1.29, 1.82) is 0 Å². The summed E-state index contributed by atoms with van der Waals surface area (Å²) in [5.41, 5.74) is 1.74. The van der Waals surface area contributed by atoms with Gasteiger partial charge in [-0.2, -0.15) is 0 Å². The van der Waals surface area contributed by atoms with Crippen molar-refractivity contribution in [3.8, 4) is 11.5 Å². The molecule has 0 aliphatic heterocycles. The minimum atomic E-state index is 0.0743. The van der Waals surface area contributed by atoms with Crippen molar-refractivity contribution in [2.45, 2.75) is 19.4 Å². The van der Waals surface area contributed by atoms with E-state index in [0.29, 0.717) is 18.1 Å². The molecule has 5 heteroatoms. The molecule has 1 aliphatic carbocycles. The Morgan fingerprint density at radius 2 is 2.00 bits per heavy atom. The molecule has 0 spiro atoms. The molecule has 5 nitrogen and oxygen atoms in total. The van der Waals surface area contributed by atoms with Gasteiger partial charge in [-0.1, -0.05) is 0 Å². The normalized spacial score (nSPS) is 13.5. The Bertz CT molecular complexity index is 654. The van der Waals surface area contributed by atoms with E-state index < -0.39 is 0 Å². The van der Waals surface area contributed by atoms with Crippen molar-refractivity contribution < 1.29 is 14.3 Å². The van der Waals surface area contributed by atoms with Crippen molar-refractivity contribution in [1.82, 2.24) is 4.98 Å².